The van der Waals surface area contributed by atoms with Gasteiger partial charge >= 0.3 is 11.2 Å². The third-order valence-electron chi connectivity index (χ3n) is 2.63. The Kier molecular flexibility index (Phi) is 4.96. The first-order chi connectivity index (χ1) is 10.5. The second-order valence-electron chi connectivity index (χ2n) is 4.13. The largest absolute Gasteiger partial charge is 0.395 e. The lowest BCUT2D eigenvalue weighted by atomic mass is 10.3. The van der Waals surface area contributed by atoms with E-state index < -0.39 is 27.0 Å². The molecule has 116 valence electrons. The Labute approximate surface area is 126 Å². The first kappa shape index (κ1) is 15.8. The van der Waals surface area contributed by atoms with Crippen LogP contribution in [0.2, 0.25) is 0 Å². The van der Waals surface area contributed by atoms with E-state index in [1.165, 1.54) is 0 Å². The molecule has 1 atom stereocenters. The Bertz CT molecular complexity index is 759. The maximum absolute atomic E-state index is 11.7. The van der Waals surface area contributed by atoms with Crippen molar-refractivity contribution in [3.05, 3.63) is 50.9 Å². The number of hydrogen-bond acceptors (Lipinski definition) is 7. The molecule has 0 aliphatic carbocycles. The van der Waals surface area contributed by atoms with E-state index in [1.54, 1.807) is 24.3 Å². The van der Waals surface area contributed by atoms with Gasteiger partial charge in [0.2, 0.25) is 5.95 Å². The average Bonchev–Trinajstić information content (AvgIpc) is 2.48. The number of nitrogens with one attached hydrogen (secondary N) is 2. The van der Waals surface area contributed by atoms with Gasteiger partial charge in [-0.3, -0.25) is 24.1 Å². The molecule has 1 unspecified atom stereocenters. The summed E-state index contributed by atoms with van der Waals surface area (Å²) in [4.78, 5) is 27.7. The lowest BCUT2D eigenvalue weighted by Crippen LogP contribution is -2.14. The minimum absolute atomic E-state index is 0.0554. The van der Waals surface area contributed by atoms with Crippen molar-refractivity contribution in [2.45, 2.75) is 4.90 Å². The molecule has 0 fully saturated rings. The molecule has 22 heavy (non-hydrogen) atoms. The van der Waals surface area contributed by atoms with Gasteiger partial charge in [-0.05, 0) is 24.3 Å². The summed E-state index contributed by atoms with van der Waals surface area (Å²) < 4.78 is 11.7. The zero-order valence-electron chi connectivity index (χ0n) is 11.2. The molecule has 0 aliphatic rings. The van der Waals surface area contributed by atoms with E-state index in [2.05, 4.69) is 15.3 Å². The number of H-pyrrole nitrogens is 1. The van der Waals surface area contributed by atoms with Crippen LogP contribution in [0.5, 0.6) is 0 Å². The maximum Gasteiger partial charge on any atom is 0.352 e. The van der Waals surface area contributed by atoms with Crippen molar-refractivity contribution < 1.29 is 14.2 Å². The van der Waals surface area contributed by atoms with E-state index in [0.717, 1.165) is 6.20 Å². The smallest absolute Gasteiger partial charge is 0.352 e. The number of aromatic nitrogens is 2. The van der Waals surface area contributed by atoms with Gasteiger partial charge in [0.15, 0.2) is 0 Å². The van der Waals surface area contributed by atoms with Gasteiger partial charge in [0.1, 0.15) is 6.20 Å². The number of benzene rings is 1. The fourth-order valence-corrected chi connectivity index (χ4v) is 2.45. The Morgan fingerprint density at radius 3 is 2.59 bits per heavy atom. The molecule has 2 rings (SSSR count). The van der Waals surface area contributed by atoms with Crippen molar-refractivity contribution in [1.82, 2.24) is 9.97 Å². The Morgan fingerprint density at radius 1 is 1.36 bits per heavy atom. The molecule has 0 radical (unpaired) electrons. The number of rotatable bonds is 6. The molecule has 1 heterocycles. The fraction of sp³-hybridized carbons (Fsp3) is 0.167. The van der Waals surface area contributed by atoms with Gasteiger partial charge in [-0.15, -0.1) is 0 Å². The normalized spacial score (nSPS) is 11.9. The number of aliphatic hydroxyl groups is 1. The van der Waals surface area contributed by atoms with Crippen LogP contribution in [-0.4, -0.2) is 36.6 Å². The molecule has 10 heteroatoms. The molecule has 9 nitrogen and oxygen atoms in total. The van der Waals surface area contributed by atoms with E-state index in [1.807, 2.05) is 0 Å². The Morgan fingerprint density at radius 2 is 2.05 bits per heavy atom. The first-order valence-electron chi connectivity index (χ1n) is 6.11. The summed E-state index contributed by atoms with van der Waals surface area (Å²) in [5.74, 6) is 0.212. The summed E-state index contributed by atoms with van der Waals surface area (Å²) in [6, 6.07) is 6.45. The van der Waals surface area contributed by atoms with Crippen molar-refractivity contribution in [2.75, 3.05) is 17.7 Å². The average molecular weight is 324 g/mol. The first-order valence-corrected chi connectivity index (χ1v) is 7.43. The van der Waals surface area contributed by atoms with Crippen LogP contribution >= 0.6 is 0 Å². The number of hydrogen-bond donors (Lipinski definition) is 3. The van der Waals surface area contributed by atoms with Crippen LogP contribution in [0, 0.1) is 10.1 Å². The molecule has 1 aromatic carbocycles. The SMILES string of the molecule is O=c1[nH]c(Nc2ccc(S(=O)CCO)cc2)ncc1[N+](=O)[O-]. The van der Waals surface area contributed by atoms with Gasteiger partial charge in [0.25, 0.3) is 0 Å². The molecule has 0 saturated carbocycles. The third kappa shape index (κ3) is 3.74. The monoisotopic (exact) mass is 324 g/mol. The summed E-state index contributed by atoms with van der Waals surface area (Å²) >= 11 is 0. The van der Waals surface area contributed by atoms with Crippen molar-refractivity contribution >= 4 is 28.1 Å². The molecular formula is C12H12N4O5S. The predicted molar refractivity (Wildman–Crippen MR) is 79.6 cm³/mol. The molecule has 1 aromatic heterocycles. The van der Waals surface area contributed by atoms with E-state index in [4.69, 9.17) is 5.11 Å². The van der Waals surface area contributed by atoms with E-state index in [-0.39, 0.29) is 18.3 Å². The molecular weight excluding hydrogens is 312 g/mol. The summed E-state index contributed by atoms with van der Waals surface area (Å²) in [5, 5.41) is 22.0. The quantitative estimate of drug-likeness (QED) is 0.520. The molecule has 0 aliphatic heterocycles. The lowest BCUT2D eigenvalue weighted by molar-refractivity contribution is -0.386. The van der Waals surface area contributed by atoms with Crippen LogP contribution < -0.4 is 10.9 Å². The highest BCUT2D eigenvalue weighted by molar-refractivity contribution is 7.85. The van der Waals surface area contributed by atoms with Gasteiger partial charge in [0.05, 0.1) is 28.1 Å². The van der Waals surface area contributed by atoms with E-state index >= 15 is 0 Å². The van der Waals surface area contributed by atoms with E-state index in [0.29, 0.717) is 10.6 Å². The van der Waals surface area contributed by atoms with Gasteiger partial charge in [-0.2, -0.15) is 0 Å². The fourth-order valence-electron chi connectivity index (χ4n) is 1.61. The minimum Gasteiger partial charge on any atom is -0.395 e. The number of nitrogens with zero attached hydrogens (tertiary/aromatic N) is 2. The Hall–Kier alpha value is -2.59. The van der Waals surface area contributed by atoms with Crippen LogP contribution in [0.25, 0.3) is 0 Å². The van der Waals surface area contributed by atoms with Crippen molar-refractivity contribution in [3.63, 3.8) is 0 Å². The standard InChI is InChI=1S/C12H12N4O5S/c17-5-6-22(21)9-3-1-8(2-4-9)14-12-13-7-10(16(19)20)11(18)15-12/h1-4,7,17H,5-6H2,(H2,13,14,15,18). The van der Waals surface area contributed by atoms with Crippen LogP contribution in [0.15, 0.2) is 40.2 Å². The van der Waals surface area contributed by atoms with Crippen LogP contribution in [0.1, 0.15) is 0 Å². The van der Waals surface area contributed by atoms with Crippen LogP contribution in [0.4, 0.5) is 17.3 Å². The molecule has 0 spiro atoms. The van der Waals surface area contributed by atoms with Gasteiger partial charge in [0, 0.05) is 10.6 Å². The highest BCUT2D eigenvalue weighted by Gasteiger charge is 2.13. The van der Waals surface area contributed by atoms with Crippen LogP contribution in [-0.2, 0) is 10.8 Å². The van der Waals surface area contributed by atoms with Crippen molar-refractivity contribution in [3.8, 4) is 0 Å². The summed E-state index contributed by atoms with van der Waals surface area (Å²) in [6.45, 7) is -0.166. The second-order valence-corrected chi connectivity index (χ2v) is 5.70. The lowest BCUT2D eigenvalue weighted by Gasteiger charge is -2.06. The molecule has 0 saturated heterocycles. The topological polar surface area (TPSA) is 138 Å². The van der Waals surface area contributed by atoms with Gasteiger partial charge < -0.3 is 10.4 Å². The summed E-state index contributed by atoms with van der Waals surface area (Å²) in [5.41, 5.74) is -0.940. The minimum atomic E-state index is -1.28. The molecule has 3 N–H and O–H groups in total. The molecule has 2 aromatic rings. The highest BCUT2D eigenvalue weighted by Crippen LogP contribution is 2.16. The zero-order valence-corrected chi connectivity index (χ0v) is 12.0. The number of nitro groups is 1. The summed E-state index contributed by atoms with van der Waals surface area (Å²) in [6.07, 6.45) is 0.867. The zero-order chi connectivity index (χ0) is 16.1. The number of anilines is 2. The second kappa shape index (κ2) is 6.91. The van der Waals surface area contributed by atoms with Gasteiger partial charge in [-0.25, -0.2) is 4.98 Å². The van der Waals surface area contributed by atoms with Gasteiger partial charge in [-0.1, -0.05) is 0 Å². The maximum atomic E-state index is 11.7. The summed E-state index contributed by atoms with van der Waals surface area (Å²) in [7, 11) is -1.28. The molecule has 0 amide bonds. The third-order valence-corrected chi connectivity index (χ3v) is 3.99. The Balaban J connectivity index is 2.14. The van der Waals surface area contributed by atoms with E-state index in [9.17, 15) is 19.1 Å². The van der Waals surface area contributed by atoms with Crippen LogP contribution in [0.3, 0.4) is 0 Å². The number of aromatic amines is 1. The highest BCUT2D eigenvalue weighted by atomic mass is 32.2. The number of aliphatic hydroxyl groups excluding tert-OH is 1. The van der Waals surface area contributed by atoms with Crippen molar-refractivity contribution in [1.29, 1.82) is 0 Å². The molecule has 0 bridgehead atoms. The predicted octanol–water partition coefficient (Wildman–Crippen LogP) is 0.522. The van der Waals surface area contributed by atoms with Crippen molar-refractivity contribution in [2.24, 2.45) is 0 Å².